The molecule has 0 unspecified atom stereocenters. The molecule has 0 aliphatic heterocycles. The Kier molecular flexibility index (Phi) is 8.15. The molecule has 8 nitrogen and oxygen atoms in total. The average Bonchev–Trinajstić information content (AvgIpc) is 3.16. The lowest BCUT2D eigenvalue weighted by atomic mass is 9.95. The molecule has 1 heterocycles. The molecule has 3 rings (SSSR count). The Labute approximate surface area is 190 Å². The number of anilines is 1. The first kappa shape index (κ1) is 23.2. The highest BCUT2D eigenvalue weighted by Gasteiger charge is 2.28. The molecule has 2 aromatic rings. The lowest BCUT2D eigenvalue weighted by Crippen LogP contribution is -2.32. The van der Waals surface area contributed by atoms with Crippen molar-refractivity contribution in [3.8, 4) is 5.75 Å². The number of hydrogen-bond acceptors (Lipinski definition) is 7. The van der Waals surface area contributed by atoms with Gasteiger partial charge in [0, 0.05) is 4.88 Å². The molecule has 2 amide bonds. The first-order valence-electron chi connectivity index (χ1n) is 10.3. The van der Waals surface area contributed by atoms with Crippen LogP contribution in [-0.2, 0) is 27.2 Å². The Bertz CT molecular complexity index is 1030. The normalized spacial score (nSPS) is 12.7. The highest BCUT2D eigenvalue weighted by Crippen LogP contribution is 2.38. The van der Waals surface area contributed by atoms with Crippen LogP contribution in [0.25, 0.3) is 0 Å². The van der Waals surface area contributed by atoms with Gasteiger partial charge in [0.25, 0.3) is 0 Å². The van der Waals surface area contributed by atoms with Crippen LogP contribution in [0.15, 0.2) is 42.0 Å². The average molecular weight is 456 g/mol. The van der Waals surface area contributed by atoms with Gasteiger partial charge in [-0.25, -0.2) is 10.2 Å². The van der Waals surface area contributed by atoms with Crippen molar-refractivity contribution in [2.75, 3.05) is 18.5 Å². The van der Waals surface area contributed by atoms with E-state index in [-0.39, 0.29) is 6.61 Å². The molecule has 0 spiro atoms. The Balaban J connectivity index is 1.62. The minimum atomic E-state index is -0.937. The lowest BCUT2D eigenvalue weighted by Gasteiger charge is -2.12. The minimum absolute atomic E-state index is 0.230. The van der Waals surface area contributed by atoms with E-state index in [0.29, 0.717) is 28.5 Å². The number of hydrogen-bond donors (Lipinski definition) is 2. The van der Waals surface area contributed by atoms with E-state index >= 15 is 0 Å². The molecule has 2 N–H and O–H groups in total. The van der Waals surface area contributed by atoms with E-state index in [1.807, 2.05) is 0 Å². The van der Waals surface area contributed by atoms with Gasteiger partial charge in [0.1, 0.15) is 17.4 Å². The second-order valence-electron chi connectivity index (χ2n) is 6.96. The predicted octanol–water partition coefficient (Wildman–Crippen LogP) is 3.46. The molecular weight excluding hydrogens is 430 g/mol. The number of nitrogens with zero attached hydrogens (tertiary/aromatic N) is 1. The number of benzene rings is 1. The molecule has 9 heteroatoms. The summed E-state index contributed by atoms with van der Waals surface area (Å²) in [5, 5.41) is 6.71. The molecule has 1 aromatic heterocycles. The van der Waals surface area contributed by atoms with Gasteiger partial charge in [-0.1, -0.05) is 12.7 Å². The number of nitrogens with one attached hydrogen (secondary N) is 2. The van der Waals surface area contributed by atoms with Gasteiger partial charge < -0.3 is 14.8 Å². The fourth-order valence-electron chi connectivity index (χ4n) is 3.25. The number of amides is 2. The van der Waals surface area contributed by atoms with Crippen LogP contribution in [0.5, 0.6) is 5.75 Å². The number of rotatable bonds is 8. The van der Waals surface area contributed by atoms with Crippen LogP contribution >= 0.6 is 11.3 Å². The second kappa shape index (κ2) is 11.2. The Morgan fingerprint density at radius 2 is 1.91 bits per heavy atom. The zero-order chi connectivity index (χ0) is 22.9. The molecule has 0 saturated heterocycles. The molecule has 0 atom stereocenters. The largest absolute Gasteiger partial charge is 0.490 e. The molecule has 1 aromatic carbocycles. The number of ether oxygens (including phenoxy) is 2. The Morgan fingerprint density at radius 1 is 1.16 bits per heavy atom. The monoisotopic (exact) mass is 455 g/mol. The molecule has 1 aliphatic rings. The number of carbonyl (C=O) groups is 3. The predicted molar refractivity (Wildman–Crippen MR) is 123 cm³/mol. The maximum atomic E-state index is 12.5. The highest BCUT2D eigenvalue weighted by atomic mass is 32.1. The molecular formula is C23H25N3O5S. The van der Waals surface area contributed by atoms with Crippen molar-refractivity contribution in [3.63, 3.8) is 0 Å². The van der Waals surface area contributed by atoms with E-state index in [1.54, 1.807) is 37.3 Å². The smallest absolute Gasteiger partial charge is 0.341 e. The van der Waals surface area contributed by atoms with Gasteiger partial charge >= 0.3 is 17.8 Å². The summed E-state index contributed by atoms with van der Waals surface area (Å²) in [4.78, 5) is 38.1. The SMILES string of the molecule is C=CCOc1ccc(/C=N\NC(=O)C(=O)Nc2sc3c(c2C(=O)OCC)CCCC3)cc1. The van der Waals surface area contributed by atoms with Crippen molar-refractivity contribution in [1.29, 1.82) is 0 Å². The van der Waals surface area contributed by atoms with Crippen molar-refractivity contribution in [2.45, 2.75) is 32.6 Å². The number of hydrazone groups is 1. The van der Waals surface area contributed by atoms with Crippen LogP contribution in [0, 0.1) is 0 Å². The topological polar surface area (TPSA) is 106 Å². The third kappa shape index (κ3) is 5.82. The van der Waals surface area contributed by atoms with Gasteiger partial charge in [-0.2, -0.15) is 5.10 Å². The van der Waals surface area contributed by atoms with E-state index in [2.05, 4.69) is 22.4 Å². The highest BCUT2D eigenvalue weighted by molar-refractivity contribution is 7.17. The van der Waals surface area contributed by atoms with Crippen molar-refractivity contribution >= 4 is 40.3 Å². The number of fused-ring (bicyclic) bond motifs is 1. The summed E-state index contributed by atoms with van der Waals surface area (Å²) >= 11 is 1.32. The van der Waals surface area contributed by atoms with Crippen LogP contribution in [0.2, 0.25) is 0 Å². The summed E-state index contributed by atoms with van der Waals surface area (Å²) in [6, 6.07) is 7.04. The first-order chi connectivity index (χ1) is 15.5. The lowest BCUT2D eigenvalue weighted by molar-refractivity contribution is -0.136. The van der Waals surface area contributed by atoms with Gasteiger partial charge in [0.2, 0.25) is 0 Å². The van der Waals surface area contributed by atoms with E-state index in [9.17, 15) is 14.4 Å². The molecule has 168 valence electrons. The zero-order valence-electron chi connectivity index (χ0n) is 17.8. The molecule has 0 saturated carbocycles. The van der Waals surface area contributed by atoms with Crippen molar-refractivity contribution in [3.05, 3.63) is 58.5 Å². The van der Waals surface area contributed by atoms with Crippen LogP contribution in [0.4, 0.5) is 5.00 Å². The summed E-state index contributed by atoms with van der Waals surface area (Å²) in [6.07, 6.45) is 6.66. The first-order valence-corrected chi connectivity index (χ1v) is 11.1. The molecule has 0 radical (unpaired) electrons. The number of esters is 1. The third-order valence-corrected chi connectivity index (χ3v) is 5.92. The summed E-state index contributed by atoms with van der Waals surface area (Å²) in [7, 11) is 0. The van der Waals surface area contributed by atoms with E-state index < -0.39 is 17.8 Å². The summed E-state index contributed by atoms with van der Waals surface area (Å²) in [6.45, 7) is 5.95. The van der Waals surface area contributed by atoms with Gasteiger partial charge in [-0.05, 0) is 68.0 Å². The van der Waals surface area contributed by atoms with Crippen LogP contribution in [0.3, 0.4) is 0 Å². The molecule has 0 fully saturated rings. The van der Waals surface area contributed by atoms with E-state index in [0.717, 1.165) is 36.1 Å². The summed E-state index contributed by atoms with van der Waals surface area (Å²) in [5.41, 5.74) is 4.18. The van der Waals surface area contributed by atoms with Gasteiger partial charge in [0.15, 0.2) is 0 Å². The van der Waals surface area contributed by atoms with Crippen LogP contribution < -0.4 is 15.5 Å². The van der Waals surface area contributed by atoms with Crippen molar-refractivity contribution < 1.29 is 23.9 Å². The second-order valence-corrected chi connectivity index (χ2v) is 8.06. The van der Waals surface area contributed by atoms with Gasteiger partial charge in [0.05, 0.1) is 18.4 Å². The summed E-state index contributed by atoms with van der Waals surface area (Å²) < 4.78 is 10.6. The van der Waals surface area contributed by atoms with E-state index in [4.69, 9.17) is 9.47 Å². The number of thiophene rings is 1. The number of aryl methyl sites for hydroxylation is 1. The van der Waals surface area contributed by atoms with Gasteiger partial charge in [-0.15, -0.1) is 11.3 Å². The van der Waals surface area contributed by atoms with Crippen LogP contribution in [0.1, 0.15) is 46.1 Å². The molecule has 0 bridgehead atoms. The standard InChI is InChI=1S/C23H25N3O5S/c1-3-13-31-16-11-9-15(10-12-16)14-24-26-21(28)20(27)25-22-19(23(29)30-4-2)17-7-5-6-8-18(17)32-22/h3,9-12,14H,1,4-8,13H2,2H3,(H,25,27)(H,26,28)/b24-14-. The maximum absolute atomic E-state index is 12.5. The Hall–Kier alpha value is -3.46. The number of carbonyl (C=O) groups excluding carboxylic acids is 3. The molecule has 32 heavy (non-hydrogen) atoms. The van der Waals surface area contributed by atoms with Gasteiger partial charge in [-0.3, -0.25) is 9.59 Å². The maximum Gasteiger partial charge on any atom is 0.341 e. The minimum Gasteiger partial charge on any atom is -0.490 e. The zero-order valence-corrected chi connectivity index (χ0v) is 18.6. The van der Waals surface area contributed by atoms with Crippen molar-refractivity contribution in [2.24, 2.45) is 5.10 Å². The third-order valence-electron chi connectivity index (χ3n) is 4.71. The quantitative estimate of drug-likeness (QED) is 0.208. The Morgan fingerprint density at radius 3 is 2.62 bits per heavy atom. The van der Waals surface area contributed by atoms with Crippen molar-refractivity contribution in [1.82, 2.24) is 5.43 Å². The molecule has 1 aliphatic carbocycles. The van der Waals surface area contributed by atoms with Crippen LogP contribution in [-0.4, -0.2) is 37.2 Å². The summed E-state index contributed by atoms with van der Waals surface area (Å²) in [5.74, 6) is -1.64. The van der Waals surface area contributed by atoms with E-state index in [1.165, 1.54) is 17.6 Å². The fraction of sp³-hybridized carbons (Fsp3) is 0.304. The fourth-order valence-corrected chi connectivity index (χ4v) is 4.53.